The highest BCUT2D eigenvalue weighted by Gasteiger charge is 2.44. The first kappa shape index (κ1) is 8.36. The lowest BCUT2D eigenvalue weighted by Crippen LogP contribution is -2.43. The number of hydrogen-bond donors (Lipinski definition) is 3. The summed E-state index contributed by atoms with van der Waals surface area (Å²) < 4.78 is 31.6. The Bertz CT molecular complexity index is 461. The summed E-state index contributed by atoms with van der Waals surface area (Å²) >= 11 is 0. The van der Waals surface area contributed by atoms with Crippen molar-refractivity contribution >= 4 is 15.7 Å². The highest BCUT2D eigenvalue weighted by atomic mass is 32.3. The van der Waals surface area contributed by atoms with Crippen LogP contribution in [-0.4, -0.2) is 19.2 Å². The van der Waals surface area contributed by atoms with Crippen molar-refractivity contribution in [2.45, 2.75) is 4.90 Å². The summed E-state index contributed by atoms with van der Waals surface area (Å²) in [6, 6.07) is 5.63. The maximum Gasteiger partial charge on any atom is 0.266 e. The normalized spacial score (nSPS) is 25.4. The fourth-order valence-corrected chi connectivity index (χ4v) is 2.69. The molecule has 2 rings (SSSR count). The second-order valence-corrected chi connectivity index (χ2v) is 5.17. The summed E-state index contributed by atoms with van der Waals surface area (Å²) in [6.07, 6.45) is 0. The molecule has 70 valence electrons. The van der Waals surface area contributed by atoms with Gasteiger partial charge in [-0.3, -0.25) is 13.9 Å². The topological polar surface area (TPSA) is 86.6 Å². The summed E-state index contributed by atoms with van der Waals surface area (Å²) in [5.41, 5.74) is 0.0319. The van der Waals surface area contributed by atoms with E-state index in [1.54, 1.807) is 10.8 Å². The van der Waals surface area contributed by atoms with Crippen LogP contribution in [0.5, 0.6) is 0 Å². The van der Waals surface area contributed by atoms with E-state index in [9.17, 15) is 18.1 Å². The molecule has 5 nitrogen and oxygen atoms in total. The Labute approximate surface area is 74.0 Å². The fraction of sp³-hybridized carbons (Fsp3) is 0. The van der Waals surface area contributed by atoms with Crippen molar-refractivity contribution in [3.05, 3.63) is 29.8 Å². The Morgan fingerprint density at radius 3 is 2.46 bits per heavy atom. The van der Waals surface area contributed by atoms with Crippen LogP contribution in [0.3, 0.4) is 0 Å². The van der Waals surface area contributed by atoms with Gasteiger partial charge in [0.2, 0.25) is 0 Å². The second kappa shape index (κ2) is 1.98. The minimum atomic E-state index is -5.09. The molecule has 13 heavy (non-hydrogen) atoms. The third-order valence-corrected chi connectivity index (χ3v) is 3.51. The SMILES string of the molecule is O=C1NS(=O)(O)(O)c2ccccc21. The predicted molar refractivity (Wildman–Crippen MR) is 45.6 cm³/mol. The Hall–Kier alpha value is -1.24. The Balaban J connectivity index is 2.83. The molecule has 1 aromatic rings. The van der Waals surface area contributed by atoms with Crippen LogP contribution in [0.4, 0.5) is 0 Å². The molecule has 0 spiro atoms. The van der Waals surface area contributed by atoms with Gasteiger partial charge in [0.15, 0.2) is 9.81 Å². The van der Waals surface area contributed by atoms with E-state index in [4.69, 9.17) is 0 Å². The molecule has 1 aliphatic heterocycles. The van der Waals surface area contributed by atoms with Gasteiger partial charge in [0.05, 0.1) is 10.5 Å². The van der Waals surface area contributed by atoms with Crippen LogP contribution in [0.2, 0.25) is 0 Å². The first-order valence-corrected chi connectivity index (χ1v) is 5.35. The smallest absolute Gasteiger partial charge is 0.266 e. The van der Waals surface area contributed by atoms with Crippen molar-refractivity contribution in [2.75, 3.05) is 0 Å². The summed E-state index contributed by atoms with van der Waals surface area (Å²) in [5.74, 6) is -0.738. The minimum Gasteiger partial charge on any atom is -0.290 e. The number of nitrogens with one attached hydrogen (secondary N) is 1. The van der Waals surface area contributed by atoms with Gasteiger partial charge < -0.3 is 0 Å². The zero-order valence-electron chi connectivity index (χ0n) is 6.43. The van der Waals surface area contributed by atoms with Crippen LogP contribution < -0.4 is 4.72 Å². The van der Waals surface area contributed by atoms with Crippen LogP contribution >= 0.6 is 0 Å². The fourth-order valence-electron chi connectivity index (χ4n) is 1.25. The summed E-state index contributed by atoms with van der Waals surface area (Å²) in [7, 11) is -5.09. The molecule has 1 amide bonds. The summed E-state index contributed by atoms with van der Waals surface area (Å²) in [6.45, 7) is 0. The third kappa shape index (κ3) is 1.07. The lowest BCUT2D eigenvalue weighted by molar-refractivity contribution is 0.0980. The molecule has 0 aliphatic carbocycles. The average molecular weight is 201 g/mol. The molecule has 0 unspecified atom stereocenters. The zero-order valence-corrected chi connectivity index (χ0v) is 7.25. The number of carbonyl (C=O) groups excluding carboxylic acids is 1. The van der Waals surface area contributed by atoms with Gasteiger partial charge in [-0.15, -0.1) is 0 Å². The monoisotopic (exact) mass is 201 g/mol. The maximum absolute atomic E-state index is 11.4. The predicted octanol–water partition coefficient (Wildman–Crippen LogP) is 0.470. The molecule has 0 fully saturated rings. The molecule has 3 N–H and O–H groups in total. The number of hydrogen-bond acceptors (Lipinski definition) is 2. The number of fused-ring (bicyclic) bond motifs is 1. The molecule has 0 radical (unpaired) electrons. The van der Waals surface area contributed by atoms with Gasteiger partial charge in [0.1, 0.15) is 0 Å². The molecular formula is C7H7NO4S. The van der Waals surface area contributed by atoms with E-state index in [1.165, 1.54) is 18.2 Å². The van der Waals surface area contributed by atoms with E-state index in [1.807, 2.05) is 0 Å². The highest BCUT2D eigenvalue weighted by Crippen LogP contribution is 2.34. The molecule has 0 aromatic heterocycles. The molecule has 1 aliphatic rings. The van der Waals surface area contributed by atoms with Gasteiger partial charge in [0, 0.05) is 0 Å². The Morgan fingerprint density at radius 1 is 1.23 bits per heavy atom. The summed E-state index contributed by atoms with van der Waals surface area (Å²) in [4.78, 5) is 10.8. The van der Waals surface area contributed by atoms with E-state index in [-0.39, 0.29) is 10.5 Å². The zero-order chi connectivity index (χ0) is 9.71. The van der Waals surface area contributed by atoms with E-state index in [0.717, 1.165) is 0 Å². The van der Waals surface area contributed by atoms with E-state index >= 15 is 0 Å². The number of carbonyl (C=O) groups is 1. The second-order valence-electron chi connectivity index (χ2n) is 2.79. The van der Waals surface area contributed by atoms with Gasteiger partial charge >= 0.3 is 0 Å². The first-order chi connectivity index (χ1) is 5.88. The summed E-state index contributed by atoms with van der Waals surface area (Å²) in [5, 5.41) is 0. The quantitative estimate of drug-likeness (QED) is 0.569. The van der Waals surface area contributed by atoms with E-state index in [2.05, 4.69) is 0 Å². The van der Waals surface area contributed by atoms with Crippen molar-refractivity contribution in [1.29, 1.82) is 0 Å². The van der Waals surface area contributed by atoms with Crippen LogP contribution in [0, 0.1) is 0 Å². The Morgan fingerprint density at radius 2 is 1.85 bits per heavy atom. The molecule has 1 heterocycles. The lowest BCUT2D eigenvalue weighted by Gasteiger charge is -2.25. The number of rotatable bonds is 0. The molecule has 0 saturated heterocycles. The van der Waals surface area contributed by atoms with Crippen LogP contribution in [0.25, 0.3) is 0 Å². The Kier molecular flexibility index (Phi) is 1.27. The van der Waals surface area contributed by atoms with Gasteiger partial charge in [0.25, 0.3) is 5.91 Å². The molecule has 6 heteroatoms. The highest BCUT2D eigenvalue weighted by molar-refractivity contribution is 8.09. The van der Waals surface area contributed by atoms with Crippen LogP contribution in [-0.2, 0) is 9.81 Å². The average Bonchev–Trinajstić information content (AvgIpc) is 2.20. The minimum absolute atomic E-state index is 0.0319. The van der Waals surface area contributed by atoms with Crippen molar-refractivity contribution < 1.29 is 18.1 Å². The lowest BCUT2D eigenvalue weighted by atomic mass is 10.2. The van der Waals surface area contributed by atoms with Crippen molar-refractivity contribution in [1.82, 2.24) is 4.72 Å². The van der Waals surface area contributed by atoms with Crippen LogP contribution in [0.15, 0.2) is 29.2 Å². The standard InChI is InChI=1S/C7H7NO4S/c9-7-5-3-1-2-4-6(5)13(10,11,12)8-7/h1-4H,(H3,8,9,10,11,12). The number of benzene rings is 1. The molecular weight excluding hydrogens is 194 g/mol. The first-order valence-electron chi connectivity index (χ1n) is 3.47. The molecule has 1 aromatic carbocycles. The van der Waals surface area contributed by atoms with Gasteiger partial charge in [-0.25, -0.2) is 8.93 Å². The van der Waals surface area contributed by atoms with Crippen LogP contribution in [0.1, 0.15) is 10.4 Å². The maximum atomic E-state index is 11.4. The number of amides is 1. The largest absolute Gasteiger partial charge is 0.290 e. The third-order valence-electron chi connectivity index (χ3n) is 1.80. The molecule has 0 atom stereocenters. The van der Waals surface area contributed by atoms with E-state index < -0.39 is 15.7 Å². The van der Waals surface area contributed by atoms with E-state index in [0.29, 0.717) is 0 Å². The molecule has 0 bridgehead atoms. The van der Waals surface area contributed by atoms with Gasteiger partial charge in [-0.2, -0.15) is 0 Å². The van der Waals surface area contributed by atoms with Crippen molar-refractivity contribution in [2.24, 2.45) is 0 Å². The van der Waals surface area contributed by atoms with Gasteiger partial charge in [-0.1, -0.05) is 12.1 Å². The van der Waals surface area contributed by atoms with Crippen molar-refractivity contribution in [3.63, 3.8) is 0 Å². The molecule has 0 saturated carbocycles. The van der Waals surface area contributed by atoms with Gasteiger partial charge in [-0.05, 0) is 12.1 Å². The van der Waals surface area contributed by atoms with Crippen molar-refractivity contribution in [3.8, 4) is 0 Å².